The zero-order chi connectivity index (χ0) is 18.4. The highest BCUT2D eigenvalue weighted by atomic mass is 79.9. The van der Waals surface area contributed by atoms with Crippen molar-refractivity contribution in [2.45, 2.75) is 22.6 Å². The first-order chi connectivity index (χ1) is 10.8. The van der Waals surface area contributed by atoms with E-state index in [0.29, 0.717) is 0 Å². The Kier molecular flexibility index (Phi) is 4.40. The SMILES string of the molecule is O=C(NCC(F)(F)C(F)(F)Br)c1cccc(C2(C(F)(F)F)N=N2)c1. The molecule has 2 rings (SSSR count). The number of amides is 1. The van der Waals surface area contributed by atoms with Crippen LogP contribution in [0.2, 0.25) is 0 Å². The van der Waals surface area contributed by atoms with Gasteiger partial charge in [0.05, 0.1) is 6.54 Å². The number of nitrogens with one attached hydrogen (secondary N) is 1. The maximum Gasteiger partial charge on any atom is 0.442 e. The third-order valence-corrected chi connectivity index (χ3v) is 3.69. The van der Waals surface area contributed by atoms with E-state index in [9.17, 15) is 35.5 Å². The lowest BCUT2D eigenvalue weighted by molar-refractivity contribution is -0.166. The van der Waals surface area contributed by atoms with Gasteiger partial charge in [-0.3, -0.25) is 4.79 Å². The van der Waals surface area contributed by atoms with Gasteiger partial charge in [-0.2, -0.15) is 30.7 Å². The van der Waals surface area contributed by atoms with Crippen molar-refractivity contribution in [2.24, 2.45) is 10.2 Å². The molecule has 0 atom stereocenters. The van der Waals surface area contributed by atoms with E-state index in [4.69, 9.17) is 0 Å². The molecular formula is C12H7BrF7N3O. The predicted octanol–water partition coefficient (Wildman–Crippen LogP) is 4.22. The quantitative estimate of drug-likeness (QED) is 0.561. The lowest BCUT2D eigenvalue weighted by atomic mass is 10.00. The Balaban J connectivity index is 2.14. The maximum absolute atomic E-state index is 13.1. The molecular weight excluding hydrogens is 415 g/mol. The van der Waals surface area contributed by atoms with E-state index in [1.54, 1.807) is 5.32 Å². The summed E-state index contributed by atoms with van der Waals surface area (Å²) in [5.41, 5.74) is -3.70. The number of carbonyl (C=O) groups is 1. The number of nitrogens with zero attached hydrogens (tertiary/aromatic N) is 2. The smallest absolute Gasteiger partial charge is 0.346 e. The van der Waals surface area contributed by atoms with Gasteiger partial charge in [0.1, 0.15) is 0 Å². The molecule has 1 aromatic carbocycles. The number of halogens is 8. The van der Waals surface area contributed by atoms with E-state index in [-0.39, 0.29) is 0 Å². The molecule has 132 valence electrons. The molecule has 0 saturated heterocycles. The van der Waals surface area contributed by atoms with Gasteiger partial charge >= 0.3 is 22.6 Å². The molecule has 24 heavy (non-hydrogen) atoms. The summed E-state index contributed by atoms with van der Waals surface area (Å²) in [6.45, 7) is -1.71. The van der Waals surface area contributed by atoms with Gasteiger partial charge in [-0.15, -0.1) is 10.2 Å². The molecule has 1 aliphatic rings. The fourth-order valence-corrected chi connectivity index (χ4v) is 1.85. The van der Waals surface area contributed by atoms with Crippen molar-refractivity contribution in [3.63, 3.8) is 0 Å². The standard InChI is InChI=1S/C12H7BrF7N3O/c13-11(16,17)9(14,15)5-21-8(24)6-2-1-3-7(4-6)10(22-23-10)12(18,19)20/h1-4H,5H2,(H,21,24). The first kappa shape index (κ1) is 18.6. The fourth-order valence-electron chi connectivity index (χ4n) is 1.71. The van der Waals surface area contributed by atoms with Crippen molar-refractivity contribution in [3.8, 4) is 0 Å². The second-order valence-electron chi connectivity index (χ2n) is 4.84. The number of rotatable bonds is 5. The van der Waals surface area contributed by atoms with Gasteiger partial charge in [0.2, 0.25) is 0 Å². The molecule has 1 aromatic rings. The summed E-state index contributed by atoms with van der Waals surface area (Å²) < 4.78 is 89.9. The minimum atomic E-state index is -4.83. The van der Waals surface area contributed by atoms with Crippen LogP contribution >= 0.6 is 15.9 Å². The molecule has 0 radical (unpaired) electrons. The molecule has 1 heterocycles. The Morgan fingerprint density at radius 3 is 2.17 bits per heavy atom. The molecule has 0 aliphatic carbocycles. The lowest BCUT2D eigenvalue weighted by Crippen LogP contribution is -2.46. The molecule has 1 aliphatic heterocycles. The fraction of sp³-hybridized carbons (Fsp3) is 0.417. The number of hydrogen-bond acceptors (Lipinski definition) is 3. The summed E-state index contributed by atoms with van der Waals surface area (Å²) in [4.78, 5) is 7.17. The summed E-state index contributed by atoms with van der Waals surface area (Å²) in [6, 6.07) is 3.87. The van der Waals surface area contributed by atoms with Crippen LogP contribution < -0.4 is 5.32 Å². The average molecular weight is 422 g/mol. The van der Waals surface area contributed by atoms with Crippen LogP contribution in [0.25, 0.3) is 0 Å². The first-order valence-electron chi connectivity index (χ1n) is 6.14. The summed E-state index contributed by atoms with van der Waals surface area (Å²) in [6.07, 6.45) is -4.83. The first-order valence-corrected chi connectivity index (χ1v) is 6.93. The van der Waals surface area contributed by atoms with Crippen LogP contribution in [0.15, 0.2) is 34.5 Å². The molecule has 0 unspecified atom stereocenters. The van der Waals surface area contributed by atoms with Crippen molar-refractivity contribution < 1.29 is 35.5 Å². The Labute approximate surface area is 138 Å². The highest BCUT2D eigenvalue weighted by Gasteiger charge is 2.65. The summed E-state index contributed by atoms with van der Waals surface area (Å²) in [5, 5.41) is 7.41. The predicted molar refractivity (Wildman–Crippen MR) is 70.2 cm³/mol. The highest BCUT2D eigenvalue weighted by Crippen LogP contribution is 2.52. The lowest BCUT2D eigenvalue weighted by Gasteiger charge is -2.21. The van der Waals surface area contributed by atoms with Gasteiger partial charge in [0.25, 0.3) is 5.91 Å². The van der Waals surface area contributed by atoms with Crippen LogP contribution in [-0.2, 0) is 5.66 Å². The Morgan fingerprint density at radius 2 is 1.71 bits per heavy atom. The Hall–Kier alpha value is -1.72. The molecule has 0 bridgehead atoms. The van der Waals surface area contributed by atoms with Gasteiger partial charge in [0, 0.05) is 11.1 Å². The molecule has 0 spiro atoms. The molecule has 0 fully saturated rings. The number of hydrogen-bond donors (Lipinski definition) is 1. The van der Waals surface area contributed by atoms with Gasteiger partial charge < -0.3 is 5.32 Å². The minimum Gasteiger partial charge on any atom is -0.346 e. The van der Waals surface area contributed by atoms with Crippen LogP contribution in [0.4, 0.5) is 30.7 Å². The molecule has 4 nitrogen and oxygen atoms in total. The highest BCUT2D eigenvalue weighted by molar-refractivity contribution is 9.10. The largest absolute Gasteiger partial charge is 0.442 e. The molecule has 12 heteroatoms. The Morgan fingerprint density at radius 1 is 1.12 bits per heavy atom. The molecule has 0 saturated carbocycles. The average Bonchev–Trinajstić information content (AvgIpc) is 3.25. The Bertz CT molecular complexity index is 678. The van der Waals surface area contributed by atoms with E-state index < -0.39 is 46.2 Å². The third kappa shape index (κ3) is 3.37. The van der Waals surface area contributed by atoms with E-state index in [1.807, 2.05) is 0 Å². The second kappa shape index (κ2) is 5.67. The zero-order valence-corrected chi connectivity index (χ0v) is 12.9. The van der Waals surface area contributed by atoms with Crippen molar-refractivity contribution >= 4 is 21.8 Å². The van der Waals surface area contributed by atoms with Crippen LogP contribution in [0, 0.1) is 0 Å². The van der Waals surface area contributed by atoms with Gasteiger partial charge in [-0.25, -0.2) is 0 Å². The van der Waals surface area contributed by atoms with Crippen LogP contribution in [0.3, 0.4) is 0 Å². The van der Waals surface area contributed by atoms with Gasteiger partial charge in [-0.1, -0.05) is 12.1 Å². The minimum absolute atomic E-state index is 0.429. The van der Waals surface area contributed by atoms with Crippen molar-refractivity contribution in [1.82, 2.24) is 5.32 Å². The molecule has 0 aromatic heterocycles. The van der Waals surface area contributed by atoms with Gasteiger partial charge in [-0.05, 0) is 28.1 Å². The number of alkyl halides is 8. The van der Waals surface area contributed by atoms with Crippen LogP contribution in [0.1, 0.15) is 15.9 Å². The van der Waals surface area contributed by atoms with Gasteiger partial charge in [0.15, 0.2) is 0 Å². The summed E-state index contributed by atoms with van der Waals surface area (Å²) >= 11 is 1.49. The van der Waals surface area contributed by atoms with Crippen molar-refractivity contribution in [3.05, 3.63) is 35.4 Å². The number of carbonyl (C=O) groups excluding carboxylic acids is 1. The topological polar surface area (TPSA) is 53.8 Å². The van der Waals surface area contributed by atoms with Crippen LogP contribution in [0.5, 0.6) is 0 Å². The zero-order valence-electron chi connectivity index (χ0n) is 11.3. The van der Waals surface area contributed by atoms with Crippen molar-refractivity contribution in [2.75, 3.05) is 6.54 Å². The summed E-state index contributed by atoms with van der Waals surface area (Å²) in [7, 11) is 0. The second-order valence-corrected chi connectivity index (χ2v) is 5.83. The third-order valence-electron chi connectivity index (χ3n) is 3.11. The normalized spacial score (nSPS) is 16.8. The number of benzene rings is 1. The molecule has 1 amide bonds. The monoisotopic (exact) mass is 421 g/mol. The van der Waals surface area contributed by atoms with Crippen molar-refractivity contribution in [1.29, 1.82) is 0 Å². The summed E-state index contributed by atoms with van der Waals surface area (Å²) in [5.74, 6) is -5.83. The van der Waals surface area contributed by atoms with Crippen LogP contribution in [-0.4, -0.2) is 29.4 Å². The van der Waals surface area contributed by atoms with E-state index >= 15 is 0 Å². The van der Waals surface area contributed by atoms with E-state index in [1.165, 1.54) is 15.9 Å². The molecule has 1 N–H and O–H groups in total. The maximum atomic E-state index is 13.1. The van der Waals surface area contributed by atoms with E-state index in [2.05, 4.69) is 10.2 Å². The van der Waals surface area contributed by atoms with E-state index in [0.717, 1.165) is 24.3 Å².